The van der Waals surface area contributed by atoms with Gasteiger partial charge in [0.1, 0.15) is 12.0 Å². The van der Waals surface area contributed by atoms with E-state index in [4.69, 9.17) is 9.26 Å². The average molecular weight is 322 g/mol. The number of carbonyl (C=O) groups is 1. The van der Waals surface area contributed by atoms with Crippen molar-refractivity contribution in [3.05, 3.63) is 53.6 Å². The minimum atomic E-state index is 0.124. The van der Waals surface area contributed by atoms with E-state index in [1.807, 2.05) is 39.0 Å². The summed E-state index contributed by atoms with van der Waals surface area (Å²) in [5.41, 5.74) is 3.26. The van der Waals surface area contributed by atoms with Crippen LogP contribution in [0, 0.1) is 6.92 Å². The minimum absolute atomic E-state index is 0.124. The number of aldehydes is 1. The van der Waals surface area contributed by atoms with Crippen molar-refractivity contribution in [3.8, 4) is 28.6 Å². The molecule has 0 atom stereocenters. The molecule has 1 heterocycles. The fraction of sp³-hybridized carbons (Fsp3) is 0.211. The van der Waals surface area contributed by atoms with Gasteiger partial charge in [-0.2, -0.15) is 4.98 Å². The third-order valence-electron chi connectivity index (χ3n) is 3.52. The van der Waals surface area contributed by atoms with E-state index in [1.54, 1.807) is 24.3 Å². The summed E-state index contributed by atoms with van der Waals surface area (Å²) in [7, 11) is 0. The summed E-state index contributed by atoms with van der Waals surface area (Å²) < 4.78 is 11.1. The molecule has 24 heavy (non-hydrogen) atoms. The molecular formula is C19H18N2O3. The summed E-state index contributed by atoms with van der Waals surface area (Å²) in [4.78, 5) is 15.1. The van der Waals surface area contributed by atoms with Crippen LogP contribution in [0.1, 0.15) is 29.8 Å². The van der Waals surface area contributed by atoms with Crippen LogP contribution in [0.2, 0.25) is 0 Å². The van der Waals surface area contributed by atoms with Crippen LogP contribution in [0.4, 0.5) is 0 Å². The maximum absolute atomic E-state index is 10.7. The molecule has 3 aromatic rings. The lowest BCUT2D eigenvalue weighted by molar-refractivity contribution is 0.112. The Morgan fingerprint density at radius 3 is 2.42 bits per heavy atom. The van der Waals surface area contributed by atoms with Gasteiger partial charge in [-0.3, -0.25) is 4.79 Å². The van der Waals surface area contributed by atoms with E-state index >= 15 is 0 Å². The second kappa shape index (κ2) is 6.66. The Morgan fingerprint density at radius 1 is 1.08 bits per heavy atom. The van der Waals surface area contributed by atoms with Crippen molar-refractivity contribution in [3.63, 3.8) is 0 Å². The van der Waals surface area contributed by atoms with Gasteiger partial charge in [-0.1, -0.05) is 29.4 Å². The van der Waals surface area contributed by atoms with E-state index in [2.05, 4.69) is 10.1 Å². The Kier molecular flexibility index (Phi) is 4.42. The lowest BCUT2D eigenvalue weighted by Gasteiger charge is -2.12. The van der Waals surface area contributed by atoms with Crippen LogP contribution in [0.15, 0.2) is 47.0 Å². The zero-order valence-corrected chi connectivity index (χ0v) is 13.8. The largest absolute Gasteiger partial charge is 0.491 e. The fourth-order valence-electron chi connectivity index (χ4n) is 2.34. The molecule has 2 aromatic carbocycles. The zero-order valence-electron chi connectivity index (χ0n) is 13.8. The molecular weight excluding hydrogens is 304 g/mol. The van der Waals surface area contributed by atoms with E-state index in [0.29, 0.717) is 17.3 Å². The molecule has 1 aromatic heterocycles. The van der Waals surface area contributed by atoms with Crippen molar-refractivity contribution in [2.45, 2.75) is 26.9 Å². The first kappa shape index (κ1) is 15.9. The van der Waals surface area contributed by atoms with Crippen LogP contribution >= 0.6 is 0 Å². The summed E-state index contributed by atoms with van der Waals surface area (Å²) in [6.45, 7) is 5.97. The maximum Gasteiger partial charge on any atom is 0.258 e. The number of hydrogen-bond acceptors (Lipinski definition) is 5. The Hall–Kier alpha value is -2.95. The summed E-state index contributed by atoms with van der Waals surface area (Å²) in [5, 5.41) is 4.01. The second-order valence-corrected chi connectivity index (χ2v) is 5.81. The second-order valence-electron chi connectivity index (χ2n) is 5.81. The quantitative estimate of drug-likeness (QED) is 0.655. The van der Waals surface area contributed by atoms with Crippen LogP contribution in [0.5, 0.6) is 5.75 Å². The minimum Gasteiger partial charge on any atom is -0.491 e. The van der Waals surface area contributed by atoms with Crippen molar-refractivity contribution in [2.75, 3.05) is 0 Å². The highest BCUT2D eigenvalue weighted by Crippen LogP contribution is 2.27. The fourth-order valence-corrected chi connectivity index (χ4v) is 2.34. The number of aryl methyl sites for hydroxylation is 1. The molecule has 5 heteroatoms. The van der Waals surface area contributed by atoms with Gasteiger partial charge in [0.15, 0.2) is 0 Å². The monoisotopic (exact) mass is 322 g/mol. The van der Waals surface area contributed by atoms with Crippen LogP contribution in [0.25, 0.3) is 22.8 Å². The third-order valence-corrected chi connectivity index (χ3v) is 3.52. The molecule has 0 aliphatic rings. The van der Waals surface area contributed by atoms with Gasteiger partial charge < -0.3 is 9.26 Å². The van der Waals surface area contributed by atoms with Gasteiger partial charge in [0.2, 0.25) is 5.82 Å². The molecule has 0 bridgehead atoms. The van der Waals surface area contributed by atoms with Gasteiger partial charge in [-0.25, -0.2) is 0 Å². The van der Waals surface area contributed by atoms with Gasteiger partial charge >= 0.3 is 0 Å². The van der Waals surface area contributed by atoms with Crippen LogP contribution in [-0.4, -0.2) is 22.5 Å². The van der Waals surface area contributed by atoms with Crippen molar-refractivity contribution >= 4 is 6.29 Å². The highest BCUT2D eigenvalue weighted by molar-refractivity contribution is 5.76. The molecule has 0 saturated heterocycles. The van der Waals surface area contributed by atoms with Gasteiger partial charge in [-0.05, 0) is 44.5 Å². The first-order valence-electron chi connectivity index (χ1n) is 7.74. The first-order chi connectivity index (χ1) is 11.6. The number of aromatic nitrogens is 2. The molecule has 0 aliphatic heterocycles. The average Bonchev–Trinajstić information content (AvgIpc) is 3.06. The van der Waals surface area contributed by atoms with E-state index in [-0.39, 0.29) is 6.10 Å². The molecule has 0 spiro atoms. The third kappa shape index (κ3) is 3.35. The summed E-state index contributed by atoms with van der Waals surface area (Å²) in [6.07, 6.45) is 0.925. The molecule has 0 N–H and O–H groups in total. The Morgan fingerprint density at radius 2 is 1.79 bits per heavy atom. The van der Waals surface area contributed by atoms with Crippen molar-refractivity contribution in [1.82, 2.24) is 10.1 Å². The highest BCUT2D eigenvalue weighted by atomic mass is 16.5. The normalized spacial score (nSPS) is 10.8. The number of carbonyl (C=O) groups excluding carboxylic acids is 1. The predicted molar refractivity (Wildman–Crippen MR) is 91.1 cm³/mol. The number of nitrogens with zero attached hydrogens (tertiary/aromatic N) is 2. The maximum atomic E-state index is 10.7. The van der Waals surface area contributed by atoms with Crippen LogP contribution in [0.3, 0.4) is 0 Å². The van der Waals surface area contributed by atoms with Gasteiger partial charge in [0, 0.05) is 16.7 Å². The Bertz CT molecular complexity index is 851. The van der Waals surface area contributed by atoms with Crippen molar-refractivity contribution in [1.29, 1.82) is 0 Å². The van der Waals surface area contributed by atoms with Crippen LogP contribution in [-0.2, 0) is 0 Å². The molecule has 0 unspecified atom stereocenters. The SMILES string of the molecule is Cc1cc(-c2nc(-c3ccc(C=O)cc3)no2)ccc1OC(C)C. The number of ether oxygens (including phenoxy) is 1. The van der Waals surface area contributed by atoms with Gasteiger partial charge in [-0.15, -0.1) is 0 Å². The Labute approximate surface area is 140 Å². The van der Waals surface area contributed by atoms with Gasteiger partial charge in [0.25, 0.3) is 5.89 Å². The molecule has 5 nitrogen and oxygen atoms in total. The zero-order chi connectivity index (χ0) is 17.1. The summed E-state index contributed by atoms with van der Waals surface area (Å²) in [6, 6.07) is 12.8. The van der Waals surface area contributed by atoms with E-state index in [1.165, 1.54) is 0 Å². The molecule has 122 valence electrons. The summed E-state index contributed by atoms with van der Waals surface area (Å²) >= 11 is 0. The number of benzene rings is 2. The number of hydrogen-bond donors (Lipinski definition) is 0. The molecule has 0 amide bonds. The van der Waals surface area contributed by atoms with E-state index < -0.39 is 0 Å². The topological polar surface area (TPSA) is 65.2 Å². The summed E-state index contributed by atoms with van der Waals surface area (Å²) in [5.74, 6) is 1.78. The first-order valence-corrected chi connectivity index (χ1v) is 7.74. The molecule has 0 radical (unpaired) electrons. The molecule has 3 rings (SSSR count). The standard InChI is InChI=1S/C19H18N2O3/c1-12(2)23-17-9-8-16(10-13(17)3)19-20-18(21-24-19)15-6-4-14(11-22)5-7-15/h4-12H,1-3H3. The smallest absolute Gasteiger partial charge is 0.258 e. The van der Waals surface area contributed by atoms with Gasteiger partial charge in [0.05, 0.1) is 6.10 Å². The lowest BCUT2D eigenvalue weighted by Crippen LogP contribution is -2.06. The van der Waals surface area contributed by atoms with Crippen molar-refractivity contribution < 1.29 is 14.1 Å². The predicted octanol–water partition coefficient (Wildman–Crippen LogP) is 4.31. The van der Waals surface area contributed by atoms with E-state index in [0.717, 1.165) is 28.7 Å². The highest BCUT2D eigenvalue weighted by Gasteiger charge is 2.12. The molecule has 0 fully saturated rings. The number of rotatable bonds is 5. The lowest BCUT2D eigenvalue weighted by atomic mass is 10.1. The van der Waals surface area contributed by atoms with E-state index in [9.17, 15) is 4.79 Å². The molecule has 0 aliphatic carbocycles. The Balaban J connectivity index is 1.87. The van der Waals surface area contributed by atoms with Crippen molar-refractivity contribution in [2.24, 2.45) is 0 Å². The van der Waals surface area contributed by atoms with Crippen LogP contribution < -0.4 is 4.74 Å². The molecule has 0 saturated carbocycles.